The number of esters is 1. The van der Waals surface area contributed by atoms with E-state index in [9.17, 15) is 9.90 Å². The topological polar surface area (TPSA) is 74.2 Å². The molecule has 0 fully saturated rings. The van der Waals surface area contributed by atoms with E-state index in [0.29, 0.717) is 17.2 Å². The Morgan fingerprint density at radius 3 is 2.17 bits per heavy atom. The van der Waals surface area contributed by atoms with Crippen molar-refractivity contribution in [3.63, 3.8) is 0 Å². The van der Waals surface area contributed by atoms with Gasteiger partial charge in [-0.3, -0.25) is 4.79 Å². The first-order chi connectivity index (χ1) is 13.8. The number of hydrogen-bond acceptors (Lipinski definition) is 6. The number of methoxy groups -OCH3 is 3. The van der Waals surface area contributed by atoms with Crippen molar-refractivity contribution in [1.82, 2.24) is 0 Å². The first-order valence-corrected chi connectivity index (χ1v) is 9.55. The molecule has 2 rings (SSSR count). The lowest BCUT2D eigenvalue weighted by molar-refractivity contribution is -0.150. The third kappa shape index (κ3) is 5.56. The predicted octanol–water partition coefficient (Wildman–Crippen LogP) is 4.54. The number of carbonyl (C=O) groups is 1. The SMILES string of the molecule is COc1cc(C[C@@H](C)[C@H](C)[C@@H](OC(C)=O)c2ccc(OC)c(OC)c2)ccc1O. The molecule has 2 aromatic carbocycles. The van der Waals surface area contributed by atoms with E-state index in [1.165, 1.54) is 14.0 Å². The fourth-order valence-corrected chi connectivity index (χ4v) is 3.39. The van der Waals surface area contributed by atoms with Gasteiger partial charge in [0.25, 0.3) is 0 Å². The minimum absolute atomic E-state index is 0.0248. The second kappa shape index (κ2) is 10.0. The molecule has 29 heavy (non-hydrogen) atoms. The summed E-state index contributed by atoms with van der Waals surface area (Å²) < 4.78 is 21.6. The summed E-state index contributed by atoms with van der Waals surface area (Å²) in [4.78, 5) is 11.8. The van der Waals surface area contributed by atoms with E-state index in [2.05, 4.69) is 13.8 Å². The van der Waals surface area contributed by atoms with Gasteiger partial charge in [0.15, 0.2) is 23.0 Å². The van der Waals surface area contributed by atoms with Crippen LogP contribution < -0.4 is 14.2 Å². The second-order valence-corrected chi connectivity index (χ2v) is 7.19. The number of benzene rings is 2. The molecule has 0 saturated heterocycles. The van der Waals surface area contributed by atoms with E-state index < -0.39 is 6.10 Å². The van der Waals surface area contributed by atoms with Crippen molar-refractivity contribution in [2.75, 3.05) is 21.3 Å². The zero-order valence-electron chi connectivity index (χ0n) is 17.9. The lowest BCUT2D eigenvalue weighted by Gasteiger charge is -2.29. The van der Waals surface area contributed by atoms with Crippen molar-refractivity contribution in [3.8, 4) is 23.0 Å². The fourth-order valence-electron chi connectivity index (χ4n) is 3.39. The van der Waals surface area contributed by atoms with Crippen LogP contribution in [-0.2, 0) is 16.0 Å². The molecule has 6 nitrogen and oxygen atoms in total. The molecule has 1 N–H and O–H groups in total. The van der Waals surface area contributed by atoms with Crippen LogP contribution in [0.1, 0.15) is 38.0 Å². The number of hydrogen-bond donors (Lipinski definition) is 1. The highest BCUT2D eigenvalue weighted by atomic mass is 16.5. The molecule has 0 radical (unpaired) electrons. The summed E-state index contributed by atoms with van der Waals surface area (Å²) in [6.07, 6.45) is 0.310. The van der Waals surface area contributed by atoms with Crippen molar-refractivity contribution in [1.29, 1.82) is 0 Å². The summed E-state index contributed by atoms with van der Waals surface area (Å²) in [5.74, 6) is 1.63. The number of aromatic hydroxyl groups is 1. The third-order valence-electron chi connectivity index (χ3n) is 5.21. The van der Waals surface area contributed by atoms with Crippen LogP contribution in [0.25, 0.3) is 0 Å². The van der Waals surface area contributed by atoms with Crippen LogP contribution in [0.3, 0.4) is 0 Å². The van der Waals surface area contributed by atoms with Crippen LogP contribution in [0.15, 0.2) is 36.4 Å². The van der Waals surface area contributed by atoms with Crippen LogP contribution in [0.4, 0.5) is 0 Å². The highest BCUT2D eigenvalue weighted by molar-refractivity contribution is 5.66. The van der Waals surface area contributed by atoms with E-state index in [1.54, 1.807) is 20.3 Å². The Hall–Kier alpha value is -2.89. The Balaban J connectivity index is 2.28. The maximum Gasteiger partial charge on any atom is 0.303 e. The molecule has 0 spiro atoms. The maximum absolute atomic E-state index is 11.8. The molecule has 2 aromatic rings. The molecule has 0 aromatic heterocycles. The molecule has 0 amide bonds. The van der Waals surface area contributed by atoms with E-state index in [0.717, 1.165) is 17.5 Å². The van der Waals surface area contributed by atoms with Gasteiger partial charge in [-0.25, -0.2) is 0 Å². The van der Waals surface area contributed by atoms with Gasteiger partial charge in [-0.1, -0.05) is 26.0 Å². The summed E-state index contributed by atoms with van der Waals surface area (Å²) in [6, 6.07) is 10.9. The molecule has 0 unspecified atom stereocenters. The Morgan fingerprint density at radius 1 is 0.931 bits per heavy atom. The Kier molecular flexibility index (Phi) is 7.76. The van der Waals surface area contributed by atoms with Gasteiger partial charge in [0.05, 0.1) is 21.3 Å². The number of phenolic OH excluding ortho intramolecular Hbond substituents is 1. The van der Waals surface area contributed by atoms with Crippen molar-refractivity contribution < 1.29 is 28.8 Å². The molecule has 0 saturated carbocycles. The smallest absolute Gasteiger partial charge is 0.303 e. The van der Waals surface area contributed by atoms with Crippen molar-refractivity contribution in [2.45, 2.75) is 33.3 Å². The van der Waals surface area contributed by atoms with Crippen LogP contribution in [0.2, 0.25) is 0 Å². The molecular formula is C23H30O6. The highest BCUT2D eigenvalue weighted by Crippen LogP contribution is 2.38. The standard InChI is InChI=1S/C23H30O6/c1-14(11-17-7-9-19(25)21(12-17)27-5)15(2)23(29-16(3)24)18-8-10-20(26-4)22(13-18)28-6/h7-10,12-15,23,25H,11H2,1-6H3/t14-,15+,23-/m1/s1. The van der Waals surface area contributed by atoms with Crippen molar-refractivity contribution >= 4 is 5.97 Å². The summed E-state index contributed by atoms with van der Waals surface area (Å²) in [5.41, 5.74) is 1.88. The fraction of sp³-hybridized carbons (Fsp3) is 0.435. The number of ether oxygens (including phenoxy) is 4. The van der Waals surface area contributed by atoms with E-state index in [1.807, 2.05) is 30.3 Å². The normalized spacial score (nSPS) is 13.9. The molecule has 0 aliphatic carbocycles. The molecule has 158 valence electrons. The minimum atomic E-state index is -0.429. The third-order valence-corrected chi connectivity index (χ3v) is 5.21. The molecule has 6 heteroatoms. The monoisotopic (exact) mass is 402 g/mol. The molecule has 3 atom stereocenters. The lowest BCUT2D eigenvalue weighted by Crippen LogP contribution is -2.23. The number of carbonyl (C=O) groups excluding carboxylic acids is 1. The van der Waals surface area contributed by atoms with Crippen molar-refractivity contribution in [2.24, 2.45) is 11.8 Å². The first kappa shape index (κ1) is 22.4. The molecule has 0 heterocycles. The average molecular weight is 402 g/mol. The first-order valence-electron chi connectivity index (χ1n) is 9.55. The van der Waals surface area contributed by atoms with Crippen LogP contribution in [-0.4, -0.2) is 32.4 Å². The minimum Gasteiger partial charge on any atom is -0.504 e. The largest absolute Gasteiger partial charge is 0.504 e. The van der Waals surface area contributed by atoms with Gasteiger partial charge in [0, 0.05) is 12.8 Å². The van der Waals surface area contributed by atoms with Gasteiger partial charge in [-0.05, 0) is 47.7 Å². The summed E-state index contributed by atoms with van der Waals surface area (Å²) in [5, 5.41) is 9.80. The highest BCUT2D eigenvalue weighted by Gasteiger charge is 2.28. The zero-order chi connectivity index (χ0) is 21.6. The molecule has 0 bridgehead atoms. The van der Waals surface area contributed by atoms with Gasteiger partial charge < -0.3 is 24.1 Å². The lowest BCUT2D eigenvalue weighted by atomic mass is 9.83. The number of rotatable bonds is 9. The Labute approximate surface area is 172 Å². The summed E-state index contributed by atoms with van der Waals surface area (Å²) >= 11 is 0. The van der Waals surface area contributed by atoms with Crippen LogP contribution in [0, 0.1) is 11.8 Å². The van der Waals surface area contributed by atoms with Gasteiger partial charge in [-0.15, -0.1) is 0 Å². The Bertz CT molecular complexity index is 832. The summed E-state index contributed by atoms with van der Waals surface area (Å²) in [6.45, 7) is 5.59. The quantitative estimate of drug-likeness (QED) is 0.621. The van der Waals surface area contributed by atoms with Crippen molar-refractivity contribution in [3.05, 3.63) is 47.5 Å². The van der Waals surface area contributed by atoms with E-state index >= 15 is 0 Å². The van der Waals surface area contributed by atoms with Gasteiger partial charge in [0.2, 0.25) is 0 Å². The van der Waals surface area contributed by atoms with Gasteiger partial charge in [0.1, 0.15) is 6.10 Å². The molecular weight excluding hydrogens is 372 g/mol. The molecule has 0 aliphatic rings. The van der Waals surface area contributed by atoms with Gasteiger partial charge >= 0.3 is 5.97 Å². The van der Waals surface area contributed by atoms with Crippen LogP contribution in [0.5, 0.6) is 23.0 Å². The zero-order valence-corrected chi connectivity index (χ0v) is 17.9. The van der Waals surface area contributed by atoms with E-state index in [-0.39, 0.29) is 23.6 Å². The molecule has 0 aliphatic heterocycles. The average Bonchev–Trinajstić information content (AvgIpc) is 2.72. The maximum atomic E-state index is 11.8. The van der Waals surface area contributed by atoms with Crippen LogP contribution >= 0.6 is 0 Å². The van der Waals surface area contributed by atoms with E-state index in [4.69, 9.17) is 18.9 Å². The predicted molar refractivity (Wildman–Crippen MR) is 111 cm³/mol. The number of phenols is 1. The second-order valence-electron chi connectivity index (χ2n) is 7.19. The van der Waals surface area contributed by atoms with Gasteiger partial charge in [-0.2, -0.15) is 0 Å². The summed E-state index contributed by atoms with van der Waals surface area (Å²) in [7, 11) is 4.68. The Morgan fingerprint density at radius 2 is 1.59 bits per heavy atom.